The predicted octanol–water partition coefficient (Wildman–Crippen LogP) is 4.86. The van der Waals surface area contributed by atoms with Gasteiger partial charge in [0.25, 0.3) is 11.8 Å². The number of hydrogen-bond acceptors (Lipinski definition) is 5. The average Bonchev–Trinajstić information content (AvgIpc) is 2.80. The number of benzene rings is 3. The van der Waals surface area contributed by atoms with E-state index in [1.165, 1.54) is 13.3 Å². The zero-order valence-electron chi connectivity index (χ0n) is 18.5. The summed E-state index contributed by atoms with van der Waals surface area (Å²) >= 11 is 3.45. The Bertz CT molecular complexity index is 1180. The van der Waals surface area contributed by atoms with E-state index in [9.17, 15) is 9.59 Å². The molecule has 8 heteroatoms. The van der Waals surface area contributed by atoms with Crippen LogP contribution in [0.15, 0.2) is 70.2 Å². The fraction of sp³-hybridized carbons (Fsp3) is 0.160. The van der Waals surface area contributed by atoms with E-state index < -0.39 is 0 Å². The van der Waals surface area contributed by atoms with E-state index in [0.717, 1.165) is 16.8 Å². The number of anilines is 1. The zero-order chi connectivity index (χ0) is 23.8. The maximum Gasteiger partial charge on any atom is 0.271 e. The van der Waals surface area contributed by atoms with Gasteiger partial charge in [0, 0.05) is 11.3 Å². The topological polar surface area (TPSA) is 89.0 Å². The van der Waals surface area contributed by atoms with Crippen molar-refractivity contribution >= 4 is 39.6 Å². The average molecular weight is 510 g/mol. The van der Waals surface area contributed by atoms with E-state index in [1.807, 2.05) is 38.1 Å². The molecule has 2 amide bonds. The molecule has 0 unspecified atom stereocenters. The van der Waals surface area contributed by atoms with Crippen LogP contribution in [0.1, 0.15) is 27.0 Å². The van der Waals surface area contributed by atoms with Crippen LogP contribution >= 0.6 is 15.9 Å². The highest BCUT2D eigenvalue weighted by molar-refractivity contribution is 9.10. The van der Waals surface area contributed by atoms with Crippen molar-refractivity contribution < 1.29 is 19.1 Å². The van der Waals surface area contributed by atoms with Gasteiger partial charge in [-0.05, 0) is 71.2 Å². The Morgan fingerprint density at radius 3 is 2.52 bits per heavy atom. The van der Waals surface area contributed by atoms with Gasteiger partial charge >= 0.3 is 0 Å². The smallest absolute Gasteiger partial charge is 0.271 e. The third-order valence-corrected chi connectivity index (χ3v) is 5.26. The van der Waals surface area contributed by atoms with Gasteiger partial charge in [0.15, 0.2) is 18.1 Å². The van der Waals surface area contributed by atoms with Crippen LogP contribution in [-0.2, 0) is 4.79 Å². The van der Waals surface area contributed by atoms with Gasteiger partial charge in [0.2, 0.25) is 0 Å². The molecule has 3 rings (SSSR count). The molecule has 7 nitrogen and oxygen atoms in total. The molecule has 0 spiro atoms. The lowest BCUT2D eigenvalue weighted by Gasteiger charge is -2.14. The maximum absolute atomic E-state index is 12.4. The molecule has 0 heterocycles. The molecule has 0 fully saturated rings. The van der Waals surface area contributed by atoms with Gasteiger partial charge in [-0.2, -0.15) is 5.10 Å². The molecular formula is C25H24BrN3O4. The first kappa shape index (κ1) is 24.0. The second-order valence-corrected chi connectivity index (χ2v) is 8.11. The minimum Gasteiger partial charge on any atom is -0.493 e. The Kier molecular flexibility index (Phi) is 8.21. The first-order valence-electron chi connectivity index (χ1n) is 10.1. The van der Waals surface area contributed by atoms with E-state index in [-0.39, 0.29) is 18.4 Å². The molecule has 3 aromatic rings. The molecule has 0 saturated carbocycles. The van der Waals surface area contributed by atoms with E-state index in [0.29, 0.717) is 27.1 Å². The number of nitrogens with one attached hydrogen (secondary N) is 2. The van der Waals surface area contributed by atoms with Crippen LogP contribution < -0.4 is 20.2 Å². The normalized spacial score (nSPS) is 10.7. The van der Waals surface area contributed by atoms with Gasteiger partial charge in [-0.3, -0.25) is 9.59 Å². The predicted molar refractivity (Wildman–Crippen MR) is 132 cm³/mol. The van der Waals surface area contributed by atoms with Crippen molar-refractivity contribution in [3.05, 3.63) is 87.4 Å². The van der Waals surface area contributed by atoms with Crippen molar-refractivity contribution in [3.8, 4) is 11.5 Å². The summed E-state index contributed by atoms with van der Waals surface area (Å²) in [6.07, 6.45) is 1.49. The van der Waals surface area contributed by atoms with Crippen LogP contribution in [0.25, 0.3) is 0 Å². The lowest BCUT2D eigenvalue weighted by molar-refractivity contribution is -0.118. The van der Waals surface area contributed by atoms with Gasteiger partial charge in [-0.15, -0.1) is 0 Å². The largest absolute Gasteiger partial charge is 0.493 e. The summed E-state index contributed by atoms with van der Waals surface area (Å²) in [5.74, 6) is 0.205. The van der Waals surface area contributed by atoms with E-state index in [2.05, 4.69) is 31.8 Å². The summed E-state index contributed by atoms with van der Waals surface area (Å²) in [7, 11) is 1.50. The number of carbonyl (C=O) groups is 2. The summed E-state index contributed by atoms with van der Waals surface area (Å²) in [6.45, 7) is 3.74. The second-order valence-electron chi connectivity index (χ2n) is 7.25. The van der Waals surface area contributed by atoms with Crippen molar-refractivity contribution in [3.63, 3.8) is 0 Å². The molecule has 0 atom stereocenters. The number of halogens is 1. The highest BCUT2D eigenvalue weighted by atomic mass is 79.9. The summed E-state index contributed by atoms with van der Waals surface area (Å²) < 4.78 is 11.7. The lowest BCUT2D eigenvalue weighted by atomic mass is 10.1. The van der Waals surface area contributed by atoms with Crippen LogP contribution in [0.3, 0.4) is 0 Å². The monoisotopic (exact) mass is 509 g/mol. The van der Waals surface area contributed by atoms with Crippen LogP contribution in [0.5, 0.6) is 11.5 Å². The number of ether oxygens (including phenoxy) is 2. The van der Waals surface area contributed by atoms with Crippen molar-refractivity contribution in [2.24, 2.45) is 5.10 Å². The first-order valence-corrected chi connectivity index (χ1v) is 10.9. The summed E-state index contributed by atoms with van der Waals surface area (Å²) in [4.78, 5) is 24.4. The lowest BCUT2D eigenvalue weighted by Crippen LogP contribution is -2.21. The Morgan fingerprint density at radius 2 is 1.82 bits per heavy atom. The third-order valence-electron chi connectivity index (χ3n) is 4.67. The number of hydrazone groups is 1. The van der Waals surface area contributed by atoms with Gasteiger partial charge in [-0.25, -0.2) is 5.43 Å². The van der Waals surface area contributed by atoms with Gasteiger partial charge in [-0.1, -0.05) is 35.9 Å². The molecule has 0 aromatic heterocycles. The Morgan fingerprint density at radius 1 is 1.06 bits per heavy atom. The fourth-order valence-corrected chi connectivity index (χ4v) is 3.63. The number of rotatable bonds is 8. The van der Waals surface area contributed by atoms with Crippen molar-refractivity contribution in [1.29, 1.82) is 0 Å². The highest BCUT2D eigenvalue weighted by Gasteiger charge is 2.14. The molecule has 0 radical (unpaired) electrons. The highest BCUT2D eigenvalue weighted by Crippen LogP contribution is 2.36. The van der Waals surface area contributed by atoms with E-state index in [4.69, 9.17) is 9.47 Å². The van der Waals surface area contributed by atoms with E-state index >= 15 is 0 Å². The van der Waals surface area contributed by atoms with Crippen molar-refractivity contribution in [2.45, 2.75) is 13.8 Å². The van der Waals surface area contributed by atoms with Crippen molar-refractivity contribution in [2.75, 3.05) is 19.0 Å². The Hall–Kier alpha value is -3.65. The molecule has 3 aromatic carbocycles. The number of hydrogen-bond donors (Lipinski definition) is 2. The maximum atomic E-state index is 12.4. The minimum atomic E-state index is -0.312. The number of nitrogens with zero attached hydrogens (tertiary/aromatic N) is 1. The standard InChI is InChI=1S/C25H24BrN3O4/c1-16-9-10-21(17(2)11-16)28-23(30)15-33-24-20(26)12-18(13-22(24)32-3)14-27-29-25(31)19-7-5-4-6-8-19/h4-14H,15H2,1-3H3,(H,28,30)(H,29,31)/b27-14+. The van der Waals surface area contributed by atoms with Gasteiger partial charge < -0.3 is 14.8 Å². The third kappa shape index (κ3) is 6.66. The van der Waals surface area contributed by atoms with Gasteiger partial charge in [0.05, 0.1) is 17.8 Å². The Balaban J connectivity index is 1.63. The molecule has 0 saturated heterocycles. The van der Waals surface area contributed by atoms with Gasteiger partial charge in [0.1, 0.15) is 0 Å². The SMILES string of the molecule is COc1cc(/C=N/NC(=O)c2ccccc2)cc(Br)c1OCC(=O)Nc1ccc(C)cc1C. The van der Waals surface area contributed by atoms with Crippen LogP contribution in [-0.4, -0.2) is 31.7 Å². The minimum absolute atomic E-state index is 0.192. The number of methoxy groups -OCH3 is 1. The fourth-order valence-electron chi connectivity index (χ4n) is 3.05. The summed E-state index contributed by atoms with van der Waals surface area (Å²) in [5, 5.41) is 6.84. The number of amides is 2. The molecule has 0 aliphatic heterocycles. The first-order chi connectivity index (χ1) is 15.9. The molecule has 170 valence electrons. The molecule has 0 aliphatic rings. The Labute approximate surface area is 200 Å². The zero-order valence-corrected chi connectivity index (χ0v) is 20.1. The number of aryl methyl sites for hydroxylation is 2. The van der Waals surface area contributed by atoms with E-state index in [1.54, 1.807) is 36.4 Å². The second kappa shape index (κ2) is 11.3. The molecule has 0 bridgehead atoms. The quantitative estimate of drug-likeness (QED) is 0.335. The van der Waals surface area contributed by atoms with Crippen LogP contribution in [0, 0.1) is 13.8 Å². The van der Waals surface area contributed by atoms with Crippen molar-refractivity contribution in [1.82, 2.24) is 5.43 Å². The van der Waals surface area contributed by atoms with Crippen LogP contribution in [0.4, 0.5) is 5.69 Å². The molecule has 2 N–H and O–H groups in total. The molecule has 33 heavy (non-hydrogen) atoms. The summed E-state index contributed by atoms with van der Waals surface area (Å²) in [5.41, 5.74) is 6.50. The molecular weight excluding hydrogens is 486 g/mol. The summed E-state index contributed by atoms with van der Waals surface area (Å²) in [6, 6.07) is 18.0. The van der Waals surface area contributed by atoms with Crippen LogP contribution in [0.2, 0.25) is 0 Å². The number of carbonyl (C=O) groups excluding carboxylic acids is 2. The molecule has 0 aliphatic carbocycles.